The fraction of sp³-hybridized carbons (Fsp3) is 0.129. The van der Waals surface area contributed by atoms with Gasteiger partial charge in [-0.15, -0.1) is 0 Å². The molecule has 0 unspecified atom stereocenters. The van der Waals surface area contributed by atoms with E-state index in [4.69, 9.17) is 14.2 Å². The van der Waals surface area contributed by atoms with Gasteiger partial charge >= 0.3 is 0 Å². The van der Waals surface area contributed by atoms with Crippen LogP contribution in [-0.4, -0.2) is 31.2 Å². The summed E-state index contributed by atoms with van der Waals surface area (Å²) >= 11 is 0. The first kappa shape index (κ1) is 26.9. The number of para-hydroxylation sites is 1. The van der Waals surface area contributed by atoms with Gasteiger partial charge in [-0.3, -0.25) is 9.59 Å². The van der Waals surface area contributed by atoms with E-state index in [9.17, 15) is 9.59 Å². The lowest BCUT2D eigenvalue weighted by Crippen LogP contribution is -2.20. The second-order valence-corrected chi connectivity index (χ2v) is 8.34. The van der Waals surface area contributed by atoms with Crippen LogP contribution in [0.15, 0.2) is 108 Å². The number of amides is 2. The summed E-state index contributed by atoms with van der Waals surface area (Å²) in [5, 5.41) is 6.80. The molecule has 0 saturated heterocycles. The zero-order valence-corrected chi connectivity index (χ0v) is 21.5. The zero-order chi connectivity index (χ0) is 27.3. The van der Waals surface area contributed by atoms with Gasteiger partial charge in [0.15, 0.2) is 18.1 Å². The van der Waals surface area contributed by atoms with E-state index in [-0.39, 0.29) is 18.4 Å². The van der Waals surface area contributed by atoms with E-state index < -0.39 is 0 Å². The molecule has 0 saturated carbocycles. The number of nitrogens with zero attached hydrogens (tertiary/aromatic N) is 1. The van der Waals surface area contributed by atoms with E-state index in [1.54, 1.807) is 54.6 Å². The number of nitrogens with one attached hydrogen (secondary N) is 2. The summed E-state index contributed by atoms with van der Waals surface area (Å²) in [5.74, 6) is 0.945. The van der Waals surface area contributed by atoms with Crippen molar-refractivity contribution >= 4 is 23.7 Å². The first-order valence-corrected chi connectivity index (χ1v) is 12.5. The lowest BCUT2D eigenvalue weighted by atomic mass is 10.2. The summed E-state index contributed by atoms with van der Waals surface area (Å²) in [7, 11) is 0. The number of hydrazone groups is 1. The van der Waals surface area contributed by atoms with Crippen LogP contribution in [-0.2, 0) is 11.4 Å². The van der Waals surface area contributed by atoms with Crippen molar-refractivity contribution in [1.82, 2.24) is 5.43 Å². The number of carbonyl (C=O) groups excluding carboxylic acids is 2. The highest BCUT2D eigenvalue weighted by atomic mass is 16.5. The maximum absolute atomic E-state index is 12.6. The molecule has 0 atom stereocenters. The third kappa shape index (κ3) is 8.46. The van der Waals surface area contributed by atoms with Crippen LogP contribution in [0.4, 0.5) is 5.69 Å². The molecule has 4 aromatic rings. The van der Waals surface area contributed by atoms with E-state index in [1.165, 1.54) is 6.21 Å². The molecule has 0 spiro atoms. The topological polar surface area (TPSA) is 98.3 Å². The maximum atomic E-state index is 12.6. The van der Waals surface area contributed by atoms with Crippen LogP contribution in [0.1, 0.15) is 28.4 Å². The predicted octanol–water partition coefficient (Wildman–Crippen LogP) is 5.45. The summed E-state index contributed by atoms with van der Waals surface area (Å²) in [6.45, 7) is 2.58. The molecule has 4 rings (SSSR count). The van der Waals surface area contributed by atoms with Crippen LogP contribution >= 0.6 is 0 Å². The molecule has 8 nitrogen and oxygen atoms in total. The van der Waals surface area contributed by atoms with Crippen LogP contribution in [0.5, 0.6) is 17.2 Å². The van der Waals surface area contributed by atoms with Gasteiger partial charge in [-0.2, -0.15) is 5.10 Å². The highest BCUT2D eigenvalue weighted by Gasteiger charge is 2.12. The summed E-state index contributed by atoms with van der Waals surface area (Å²) in [5.41, 5.74) is 5.40. The van der Waals surface area contributed by atoms with Crippen molar-refractivity contribution in [2.75, 3.05) is 18.5 Å². The Bertz CT molecular complexity index is 1390. The van der Waals surface area contributed by atoms with Crippen molar-refractivity contribution < 1.29 is 23.8 Å². The molecule has 0 heterocycles. The van der Waals surface area contributed by atoms with Crippen LogP contribution < -0.4 is 25.0 Å². The quantitative estimate of drug-likeness (QED) is 0.190. The average molecular weight is 524 g/mol. The number of rotatable bonds is 12. The molecule has 39 heavy (non-hydrogen) atoms. The Balaban J connectivity index is 1.27. The summed E-state index contributed by atoms with van der Waals surface area (Å²) < 4.78 is 17.1. The number of benzene rings is 4. The van der Waals surface area contributed by atoms with Crippen LogP contribution in [0, 0.1) is 0 Å². The standard InChI is InChI=1S/C31H29N3O5/c1-2-37-29-19-25(15-18-28(29)39-21-24-9-5-3-6-10-24)31(36)34-32-20-23-13-16-27(17-14-23)38-22-30(35)33-26-11-7-4-8-12-26/h3-20H,2,21-22H2,1H3,(H,33,35)(H,34,36)/b32-20+. The molecule has 2 amide bonds. The molecule has 0 aliphatic rings. The molecule has 0 aliphatic carbocycles. The summed E-state index contributed by atoms with van der Waals surface area (Å²) in [6, 6.07) is 31.0. The molecule has 198 valence electrons. The molecule has 8 heteroatoms. The van der Waals surface area contributed by atoms with Crippen molar-refractivity contribution in [1.29, 1.82) is 0 Å². The lowest BCUT2D eigenvalue weighted by Gasteiger charge is -2.13. The van der Waals surface area contributed by atoms with Gasteiger partial charge in [0, 0.05) is 11.3 Å². The maximum Gasteiger partial charge on any atom is 0.271 e. The minimum absolute atomic E-state index is 0.113. The van der Waals surface area contributed by atoms with Crippen LogP contribution in [0.2, 0.25) is 0 Å². The Morgan fingerprint density at radius 2 is 1.51 bits per heavy atom. The minimum Gasteiger partial charge on any atom is -0.490 e. The van der Waals surface area contributed by atoms with Crippen LogP contribution in [0.25, 0.3) is 0 Å². The van der Waals surface area contributed by atoms with E-state index in [0.717, 1.165) is 11.1 Å². The molecule has 2 N–H and O–H groups in total. The third-order valence-corrected chi connectivity index (χ3v) is 5.43. The van der Waals surface area contributed by atoms with Gasteiger partial charge in [0.1, 0.15) is 12.4 Å². The lowest BCUT2D eigenvalue weighted by molar-refractivity contribution is -0.118. The van der Waals surface area contributed by atoms with Crippen molar-refractivity contribution in [2.45, 2.75) is 13.5 Å². The molecule has 0 fully saturated rings. The number of hydrogen-bond donors (Lipinski definition) is 2. The average Bonchev–Trinajstić information content (AvgIpc) is 2.97. The summed E-state index contributed by atoms with van der Waals surface area (Å²) in [6.07, 6.45) is 1.52. The second-order valence-electron chi connectivity index (χ2n) is 8.34. The van der Waals surface area contributed by atoms with Gasteiger partial charge in [0.2, 0.25) is 0 Å². The largest absolute Gasteiger partial charge is 0.490 e. The molecule has 0 bridgehead atoms. The Morgan fingerprint density at radius 1 is 0.795 bits per heavy atom. The number of ether oxygens (including phenoxy) is 3. The van der Waals surface area contributed by atoms with Crippen LogP contribution in [0.3, 0.4) is 0 Å². The van der Waals surface area contributed by atoms with E-state index >= 15 is 0 Å². The van der Waals surface area contributed by atoms with Gasteiger partial charge in [-0.25, -0.2) is 5.43 Å². The van der Waals surface area contributed by atoms with E-state index in [0.29, 0.717) is 41.7 Å². The van der Waals surface area contributed by atoms with Crippen molar-refractivity contribution in [3.63, 3.8) is 0 Å². The molecule has 0 aliphatic heterocycles. The van der Waals surface area contributed by atoms with Gasteiger partial charge in [-0.1, -0.05) is 48.5 Å². The molecule has 0 radical (unpaired) electrons. The summed E-state index contributed by atoms with van der Waals surface area (Å²) in [4.78, 5) is 24.7. The SMILES string of the molecule is CCOc1cc(C(=O)N/N=C/c2ccc(OCC(=O)Nc3ccccc3)cc2)ccc1OCc1ccccc1. The first-order valence-electron chi connectivity index (χ1n) is 12.5. The molecule has 0 aromatic heterocycles. The fourth-order valence-electron chi connectivity index (χ4n) is 3.52. The Morgan fingerprint density at radius 3 is 2.23 bits per heavy atom. The Kier molecular flexibility index (Phi) is 9.67. The Hall–Kier alpha value is -5.11. The van der Waals surface area contributed by atoms with Crippen molar-refractivity contribution in [3.8, 4) is 17.2 Å². The highest BCUT2D eigenvalue weighted by molar-refractivity contribution is 5.95. The fourth-order valence-corrected chi connectivity index (χ4v) is 3.52. The second kappa shape index (κ2) is 14.0. The number of hydrogen-bond acceptors (Lipinski definition) is 6. The Labute approximate surface area is 227 Å². The van der Waals surface area contributed by atoms with Gasteiger partial charge < -0.3 is 19.5 Å². The van der Waals surface area contributed by atoms with Gasteiger partial charge in [-0.05, 0) is 72.6 Å². The van der Waals surface area contributed by atoms with Gasteiger partial charge in [0.25, 0.3) is 11.8 Å². The normalized spacial score (nSPS) is 10.6. The number of anilines is 1. The van der Waals surface area contributed by atoms with Crippen molar-refractivity contribution in [2.24, 2.45) is 5.10 Å². The van der Waals surface area contributed by atoms with Crippen molar-refractivity contribution in [3.05, 3.63) is 120 Å². The van der Waals surface area contributed by atoms with Gasteiger partial charge in [0.05, 0.1) is 12.8 Å². The molecule has 4 aromatic carbocycles. The van der Waals surface area contributed by atoms with E-state index in [1.807, 2.05) is 55.5 Å². The third-order valence-electron chi connectivity index (χ3n) is 5.43. The molecular weight excluding hydrogens is 494 g/mol. The zero-order valence-electron chi connectivity index (χ0n) is 21.5. The smallest absolute Gasteiger partial charge is 0.271 e. The number of carbonyl (C=O) groups is 2. The predicted molar refractivity (Wildman–Crippen MR) is 150 cm³/mol. The first-order chi connectivity index (χ1) is 19.1. The monoisotopic (exact) mass is 523 g/mol. The van der Waals surface area contributed by atoms with E-state index in [2.05, 4.69) is 15.8 Å². The minimum atomic E-state index is -0.383. The molecular formula is C31H29N3O5. The highest BCUT2D eigenvalue weighted by Crippen LogP contribution is 2.29.